The molecule has 0 fully saturated rings. The van der Waals surface area contributed by atoms with E-state index in [9.17, 15) is 0 Å². The maximum atomic E-state index is 4.32. The number of aromatic nitrogens is 4. The van der Waals surface area contributed by atoms with Crippen LogP contribution in [0.25, 0.3) is 11.0 Å². The van der Waals surface area contributed by atoms with Crippen molar-refractivity contribution >= 4 is 17.0 Å². The van der Waals surface area contributed by atoms with E-state index in [4.69, 9.17) is 0 Å². The lowest BCUT2D eigenvalue weighted by Gasteiger charge is -2.08. The Kier molecular flexibility index (Phi) is 2.07. The van der Waals surface area contributed by atoms with Crippen molar-refractivity contribution in [2.45, 2.75) is 26.8 Å². The Bertz CT molecular complexity index is 445. The van der Waals surface area contributed by atoms with Gasteiger partial charge < -0.3 is 5.32 Å². The fourth-order valence-electron chi connectivity index (χ4n) is 1.31. The molecule has 0 spiro atoms. The van der Waals surface area contributed by atoms with E-state index in [1.807, 2.05) is 6.92 Å². The average Bonchev–Trinajstić information content (AvgIpc) is 2.50. The maximum Gasteiger partial charge on any atom is 0.223 e. The van der Waals surface area contributed by atoms with Crippen molar-refractivity contribution in [1.82, 2.24) is 20.2 Å². The molecule has 0 saturated carbocycles. The van der Waals surface area contributed by atoms with Crippen molar-refractivity contribution < 1.29 is 0 Å². The van der Waals surface area contributed by atoms with Crippen LogP contribution in [0.3, 0.4) is 0 Å². The topological polar surface area (TPSA) is 66.5 Å². The minimum absolute atomic E-state index is 0.332. The second kappa shape index (κ2) is 3.25. The van der Waals surface area contributed by atoms with Gasteiger partial charge in [-0.25, -0.2) is 9.97 Å². The first-order chi connectivity index (χ1) is 6.66. The van der Waals surface area contributed by atoms with Crippen LogP contribution in [0.1, 0.15) is 19.5 Å². The van der Waals surface area contributed by atoms with Crippen molar-refractivity contribution in [1.29, 1.82) is 0 Å². The summed E-state index contributed by atoms with van der Waals surface area (Å²) in [4.78, 5) is 8.64. The summed E-state index contributed by atoms with van der Waals surface area (Å²) in [5.41, 5.74) is 2.66. The number of aromatic amines is 1. The molecule has 5 nitrogen and oxygen atoms in total. The molecule has 0 aliphatic heterocycles. The Morgan fingerprint density at radius 3 is 2.86 bits per heavy atom. The molecule has 5 heteroatoms. The van der Waals surface area contributed by atoms with Gasteiger partial charge in [-0.05, 0) is 20.8 Å². The van der Waals surface area contributed by atoms with Crippen molar-refractivity contribution in [2.24, 2.45) is 0 Å². The van der Waals surface area contributed by atoms with Gasteiger partial charge in [-0.1, -0.05) is 0 Å². The molecule has 0 aliphatic carbocycles. The van der Waals surface area contributed by atoms with E-state index < -0.39 is 0 Å². The molecule has 74 valence electrons. The monoisotopic (exact) mass is 191 g/mol. The van der Waals surface area contributed by atoms with Gasteiger partial charge in [0.2, 0.25) is 5.95 Å². The van der Waals surface area contributed by atoms with E-state index in [2.05, 4.69) is 39.3 Å². The standard InChI is InChI=1S/C9H13N5/c1-5(2)11-9-12-6(3)8-7(13-9)4-10-14-8/h4-5H,1-3H3,(H,10,14)(H,11,12,13). The molecule has 0 bridgehead atoms. The zero-order chi connectivity index (χ0) is 10.1. The fourth-order valence-corrected chi connectivity index (χ4v) is 1.31. The van der Waals surface area contributed by atoms with Gasteiger partial charge in [-0.15, -0.1) is 0 Å². The molecule has 0 unspecified atom stereocenters. The third kappa shape index (κ3) is 1.53. The summed E-state index contributed by atoms with van der Waals surface area (Å²) >= 11 is 0. The molecule has 2 rings (SSSR count). The first kappa shape index (κ1) is 8.93. The largest absolute Gasteiger partial charge is 0.352 e. The molecule has 2 N–H and O–H groups in total. The van der Waals surface area contributed by atoms with Crippen LogP contribution in [-0.2, 0) is 0 Å². The van der Waals surface area contributed by atoms with Crippen LogP contribution in [0.4, 0.5) is 5.95 Å². The molecule has 2 aromatic heterocycles. The van der Waals surface area contributed by atoms with Crippen LogP contribution in [0.5, 0.6) is 0 Å². The predicted octanol–water partition coefficient (Wildman–Crippen LogP) is 1.48. The molecule has 0 saturated heterocycles. The van der Waals surface area contributed by atoms with Crippen LogP contribution in [0.15, 0.2) is 6.20 Å². The molecule has 0 amide bonds. The van der Waals surface area contributed by atoms with Crippen LogP contribution in [0.2, 0.25) is 0 Å². The third-order valence-electron chi connectivity index (χ3n) is 1.90. The van der Waals surface area contributed by atoms with Crippen LogP contribution < -0.4 is 5.32 Å². The van der Waals surface area contributed by atoms with Gasteiger partial charge in [-0.3, -0.25) is 5.10 Å². The van der Waals surface area contributed by atoms with Gasteiger partial charge >= 0.3 is 0 Å². The van der Waals surface area contributed by atoms with Crippen LogP contribution >= 0.6 is 0 Å². The molecule has 2 heterocycles. The first-order valence-electron chi connectivity index (χ1n) is 4.61. The molecular formula is C9H13N5. The highest BCUT2D eigenvalue weighted by atomic mass is 15.2. The molecule has 0 aliphatic rings. The zero-order valence-corrected chi connectivity index (χ0v) is 8.50. The van der Waals surface area contributed by atoms with E-state index in [-0.39, 0.29) is 0 Å². The molecule has 2 aromatic rings. The van der Waals surface area contributed by atoms with Gasteiger partial charge in [-0.2, -0.15) is 5.10 Å². The van der Waals surface area contributed by atoms with Gasteiger partial charge in [0.1, 0.15) is 11.0 Å². The number of aryl methyl sites for hydroxylation is 1. The number of nitrogens with zero attached hydrogens (tertiary/aromatic N) is 3. The lowest BCUT2D eigenvalue weighted by atomic mass is 10.3. The Hall–Kier alpha value is -1.65. The molecule has 14 heavy (non-hydrogen) atoms. The smallest absolute Gasteiger partial charge is 0.223 e. The van der Waals surface area contributed by atoms with Crippen LogP contribution in [-0.4, -0.2) is 26.2 Å². The summed E-state index contributed by atoms with van der Waals surface area (Å²) in [5.74, 6) is 0.659. The number of hydrogen-bond donors (Lipinski definition) is 2. The zero-order valence-electron chi connectivity index (χ0n) is 8.50. The molecule has 0 aromatic carbocycles. The van der Waals surface area contributed by atoms with Crippen LogP contribution in [0, 0.1) is 6.92 Å². The van der Waals surface area contributed by atoms with Gasteiger partial charge in [0.25, 0.3) is 0 Å². The Balaban J connectivity index is 2.47. The number of anilines is 1. The highest BCUT2D eigenvalue weighted by molar-refractivity contribution is 5.76. The number of rotatable bonds is 2. The summed E-state index contributed by atoms with van der Waals surface area (Å²) in [7, 11) is 0. The van der Waals surface area contributed by atoms with E-state index in [1.54, 1.807) is 6.20 Å². The van der Waals surface area contributed by atoms with E-state index in [1.165, 1.54) is 0 Å². The predicted molar refractivity (Wildman–Crippen MR) is 55.2 cm³/mol. The highest BCUT2D eigenvalue weighted by Gasteiger charge is 2.06. The quantitative estimate of drug-likeness (QED) is 0.754. The normalized spacial score (nSPS) is 11.1. The van der Waals surface area contributed by atoms with E-state index >= 15 is 0 Å². The second-order valence-electron chi connectivity index (χ2n) is 3.56. The first-order valence-corrected chi connectivity index (χ1v) is 4.61. The molecule has 0 atom stereocenters. The third-order valence-corrected chi connectivity index (χ3v) is 1.90. The van der Waals surface area contributed by atoms with E-state index in [0.717, 1.165) is 16.7 Å². The van der Waals surface area contributed by atoms with E-state index in [0.29, 0.717) is 12.0 Å². The highest BCUT2D eigenvalue weighted by Crippen LogP contribution is 2.13. The maximum absolute atomic E-state index is 4.32. The Morgan fingerprint density at radius 2 is 2.14 bits per heavy atom. The van der Waals surface area contributed by atoms with Crippen molar-refractivity contribution in [3.63, 3.8) is 0 Å². The SMILES string of the molecule is Cc1nc(NC(C)C)nc2cn[nH]c12. The summed E-state index contributed by atoms with van der Waals surface area (Å²) in [6, 6.07) is 0.332. The Morgan fingerprint density at radius 1 is 1.36 bits per heavy atom. The van der Waals surface area contributed by atoms with Crippen molar-refractivity contribution in [3.05, 3.63) is 11.9 Å². The summed E-state index contributed by atoms with van der Waals surface area (Å²) in [5, 5.41) is 9.96. The minimum Gasteiger partial charge on any atom is -0.352 e. The number of fused-ring (bicyclic) bond motifs is 1. The van der Waals surface area contributed by atoms with Gasteiger partial charge in [0.15, 0.2) is 0 Å². The molecular weight excluding hydrogens is 178 g/mol. The molecule has 0 radical (unpaired) electrons. The van der Waals surface area contributed by atoms with Crippen molar-refractivity contribution in [2.75, 3.05) is 5.32 Å². The van der Waals surface area contributed by atoms with Gasteiger partial charge in [0.05, 0.1) is 11.9 Å². The average molecular weight is 191 g/mol. The lowest BCUT2D eigenvalue weighted by molar-refractivity contribution is 0.875. The van der Waals surface area contributed by atoms with Gasteiger partial charge in [0, 0.05) is 6.04 Å². The number of nitrogens with one attached hydrogen (secondary N) is 2. The second-order valence-corrected chi connectivity index (χ2v) is 3.56. The summed E-state index contributed by atoms with van der Waals surface area (Å²) < 4.78 is 0. The summed E-state index contributed by atoms with van der Waals surface area (Å²) in [6.07, 6.45) is 1.70. The van der Waals surface area contributed by atoms with Crippen molar-refractivity contribution in [3.8, 4) is 0 Å². The number of hydrogen-bond acceptors (Lipinski definition) is 4. The fraction of sp³-hybridized carbons (Fsp3) is 0.444. The Labute approximate surface area is 82.0 Å². The minimum atomic E-state index is 0.332. The number of H-pyrrole nitrogens is 1. The summed E-state index contributed by atoms with van der Waals surface area (Å²) in [6.45, 7) is 6.05. The lowest BCUT2D eigenvalue weighted by Crippen LogP contribution is -2.12.